The van der Waals surface area contributed by atoms with Crippen LogP contribution in [0, 0.1) is 5.82 Å². The van der Waals surface area contributed by atoms with Crippen LogP contribution in [-0.2, 0) is 17.9 Å². The second-order valence-corrected chi connectivity index (χ2v) is 5.53. The van der Waals surface area contributed by atoms with E-state index in [9.17, 15) is 14.0 Å². The molecule has 0 saturated heterocycles. The number of anilines is 1. The molecule has 0 atom stereocenters. The first-order chi connectivity index (χ1) is 12.5. The molecule has 0 aliphatic carbocycles. The molecule has 8 nitrogen and oxygen atoms in total. The van der Waals surface area contributed by atoms with Crippen LogP contribution in [0.1, 0.15) is 22.5 Å². The molecule has 26 heavy (non-hydrogen) atoms. The van der Waals surface area contributed by atoms with Crippen molar-refractivity contribution < 1.29 is 19.1 Å². The van der Waals surface area contributed by atoms with E-state index in [2.05, 4.69) is 15.5 Å². The summed E-state index contributed by atoms with van der Waals surface area (Å²) in [6.45, 7) is 0.325. The van der Waals surface area contributed by atoms with E-state index in [1.54, 1.807) is 30.5 Å². The lowest BCUT2D eigenvalue weighted by Gasteiger charge is -2.06. The monoisotopic (exact) mass is 357 g/mol. The van der Waals surface area contributed by atoms with Crippen LogP contribution in [0.25, 0.3) is 0 Å². The molecule has 9 heteroatoms. The molecule has 3 aromatic rings. The molecule has 0 radical (unpaired) electrons. The third kappa shape index (κ3) is 4.12. The minimum atomic E-state index is -0.973. The average molecular weight is 357 g/mol. The molecule has 2 aromatic heterocycles. The molecule has 1 aromatic carbocycles. The zero-order valence-electron chi connectivity index (χ0n) is 13.7. The number of amides is 1. The maximum absolute atomic E-state index is 13.7. The number of aromatic nitrogens is 4. The molecule has 134 valence electrons. The number of carbonyl (C=O) groups is 2. The standard InChI is InChI=1S/C17H16FN5O3/c18-13-4-2-1-3-12(13)11-22-9-6-15(21-22)20-17(26)14-5-8-19-23(14)10-7-16(24)25/h1-6,8-9H,7,10-11H2,(H,24,25)(H,20,21,26). The van der Waals surface area contributed by atoms with Gasteiger partial charge in [-0.1, -0.05) is 18.2 Å². The van der Waals surface area contributed by atoms with Gasteiger partial charge in [0.1, 0.15) is 11.5 Å². The van der Waals surface area contributed by atoms with Gasteiger partial charge in [-0.2, -0.15) is 10.2 Å². The van der Waals surface area contributed by atoms with Crippen LogP contribution in [0.5, 0.6) is 0 Å². The number of benzene rings is 1. The van der Waals surface area contributed by atoms with Crippen LogP contribution in [-0.4, -0.2) is 36.5 Å². The number of nitrogens with zero attached hydrogens (tertiary/aromatic N) is 4. The molecule has 0 aliphatic heterocycles. The highest BCUT2D eigenvalue weighted by Crippen LogP contribution is 2.11. The van der Waals surface area contributed by atoms with E-state index in [0.717, 1.165) is 0 Å². The van der Waals surface area contributed by atoms with Gasteiger partial charge in [0.15, 0.2) is 5.82 Å². The zero-order valence-corrected chi connectivity index (χ0v) is 13.7. The number of aryl methyl sites for hydroxylation is 1. The van der Waals surface area contributed by atoms with Gasteiger partial charge in [-0.15, -0.1) is 0 Å². The van der Waals surface area contributed by atoms with Crippen molar-refractivity contribution in [2.24, 2.45) is 0 Å². The van der Waals surface area contributed by atoms with Crippen LogP contribution < -0.4 is 5.32 Å². The van der Waals surface area contributed by atoms with Gasteiger partial charge < -0.3 is 10.4 Å². The molecule has 0 saturated carbocycles. The van der Waals surface area contributed by atoms with E-state index in [4.69, 9.17) is 5.11 Å². The SMILES string of the molecule is O=C(O)CCn1nccc1C(=O)Nc1ccn(Cc2ccccc2F)n1. The number of hydrogen-bond acceptors (Lipinski definition) is 4. The van der Waals surface area contributed by atoms with Gasteiger partial charge in [0.25, 0.3) is 5.91 Å². The molecule has 0 aliphatic rings. The Morgan fingerprint density at radius 3 is 2.77 bits per heavy atom. The van der Waals surface area contributed by atoms with Crippen molar-refractivity contribution in [3.63, 3.8) is 0 Å². The maximum Gasteiger partial charge on any atom is 0.305 e. The summed E-state index contributed by atoms with van der Waals surface area (Å²) in [6.07, 6.45) is 2.91. The number of carbonyl (C=O) groups excluding carboxylic acids is 1. The fourth-order valence-corrected chi connectivity index (χ4v) is 2.40. The van der Waals surface area contributed by atoms with Gasteiger partial charge in [0.2, 0.25) is 0 Å². The van der Waals surface area contributed by atoms with Crippen LogP contribution in [0.4, 0.5) is 10.2 Å². The van der Waals surface area contributed by atoms with Crippen molar-refractivity contribution in [1.29, 1.82) is 0 Å². The summed E-state index contributed by atoms with van der Waals surface area (Å²) >= 11 is 0. The molecule has 2 N–H and O–H groups in total. The Kier molecular flexibility index (Phi) is 5.07. The van der Waals surface area contributed by atoms with Gasteiger partial charge >= 0.3 is 5.97 Å². The van der Waals surface area contributed by atoms with Gasteiger partial charge in [-0.05, 0) is 12.1 Å². The summed E-state index contributed by atoms with van der Waals surface area (Å²) in [5.41, 5.74) is 0.718. The van der Waals surface area contributed by atoms with E-state index < -0.39 is 11.9 Å². The van der Waals surface area contributed by atoms with E-state index in [-0.39, 0.29) is 31.0 Å². The number of aliphatic carboxylic acids is 1. The second-order valence-electron chi connectivity index (χ2n) is 5.53. The first kappa shape index (κ1) is 17.3. The van der Waals surface area contributed by atoms with E-state index in [0.29, 0.717) is 11.4 Å². The lowest BCUT2D eigenvalue weighted by Crippen LogP contribution is -2.19. The van der Waals surface area contributed by atoms with Crippen molar-refractivity contribution in [1.82, 2.24) is 19.6 Å². The third-order valence-electron chi connectivity index (χ3n) is 3.66. The van der Waals surface area contributed by atoms with Gasteiger partial charge in [-0.3, -0.25) is 19.0 Å². The topological polar surface area (TPSA) is 102 Å². The number of hydrogen-bond donors (Lipinski definition) is 2. The van der Waals surface area contributed by atoms with Gasteiger partial charge in [0.05, 0.1) is 19.5 Å². The Balaban J connectivity index is 1.66. The van der Waals surface area contributed by atoms with E-state index >= 15 is 0 Å². The zero-order chi connectivity index (χ0) is 18.5. The number of carboxylic acids is 1. The molecule has 1 amide bonds. The van der Waals surface area contributed by atoms with Crippen LogP contribution in [0.3, 0.4) is 0 Å². The maximum atomic E-state index is 13.7. The predicted molar refractivity (Wildman–Crippen MR) is 90.2 cm³/mol. The smallest absolute Gasteiger partial charge is 0.305 e. The van der Waals surface area contributed by atoms with Crippen LogP contribution in [0.15, 0.2) is 48.8 Å². The molecular weight excluding hydrogens is 341 g/mol. The minimum absolute atomic E-state index is 0.0901. The summed E-state index contributed by atoms with van der Waals surface area (Å²) in [5, 5.41) is 19.5. The first-order valence-electron chi connectivity index (χ1n) is 7.85. The van der Waals surface area contributed by atoms with Gasteiger partial charge in [-0.25, -0.2) is 4.39 Å². The number of halogens is 1. The molecule has 0 fully saturated rings. The van der Waals surface area contributed by atoms with Crippen molar-refractivity contribution >= 4 is 17.7 Å². The molecule has 0 unspecified atom stereocenters. The molecular formula is C17H16FN5O3. The molecule has 0 spiro atoms. The first-order valence-corrected chi connectivity index (χ1v) is 7.85. The fraction of sp³-hybridized carbons (Fsp3) is 0.176. The van der Waals surface area contributed by atoms with Crippen LogP contribution >= 0.6 is 0 Å². The lowest BCUT2D eigenvalue weighted by molar-refractivity contribution is -0.137. The molecule has 2 heterocycles. The predicted octanol–water partition coefficient (Wildman–Crippen LogP) is 1.99. The number of rotatable bonds is 7. The van der Waals surface area contributed by atoms with E-state index in [1.165, 1.54) is 27.7 Å². The van der Waals surface area contributed by atoms with E-state index in [1.807, 2.05) is 0 Å². The Labute approximate surface area is 147 Å². The highest BCUT2D eigenvalue weighted by atomic mass is 19.1. The number of carboxylic acid groups (broad SMARTS) is 1. The lowest BCUT2D eigenvalue weighted by atomic mass is 10.2. The van der Waals surface area contributed by atoms with Crippen molar-refractivity contribution in [3.05, 3.63) is 65.9 Å². The highest BCUT2D eigenvalue weighted by Gasteiger charge is 2.14. The Bertz CT molecular complexity index is 934. The van der Waals surface area contributed by atoms with Gasteiger partial charge in [0, 0.05) is 24.0 Å². The summed E-state index contributed by atoms with van der Waals surface area (Å²) in [5.74, 6) is -1.45. The quantitative estimate of drug-likeness (QED) is 0.673. The Morgan fingerprint density at radius 1 is 1.19 bits per heavy atom. The van der Waals surface area contributed by atoms with Crippen molar-refractivity contribution in [3.8, 4) is 0 Å². The Hall–Kier alpha value is -3.49. The second kappa shape index (κ2) is 7.60. The summed E-state index contributed by atoms with van der Waals surface area (Å²) in [7, 11) is 0. The van der Waals surface area contributed by atoms with Crippen molar-refractivity contribution in [2.45, 2.75) is 19.5 Å². The number of nitrogens with one attached hydrogen (secondary N) is 1. The minimum Gasteiger partial charge on any atom is -0.481 e. The summed E-state index contributed by atoms with van der Waals surface area (Å²) in [4.78, 5) is 23.0. The average Bonchev–Trinajstić information content (AvgIpc) is 3.24. The summed E-state index contributed by atoms with van der Waals surface area (Å²) < 4.78 is 16.5. The molecule has 3 rings (SSSR count). The largest absolute Gasteiger partial charge is 0.481 e. The van der Waals surface area contributed by atoms with Crippen molar-refractivity contribution in [2.75, 3.05) is 5.32 Å². The Morgan fingerprint density at radius 2 is 2.00 bits per heavy atom. The highest BCUT2D eigenvalue weighted by molar-refractivity contribution is 6.02. The fourth-order valence-electron chi connectivity index (χ4n) is 2.40. The molecule has 0 bridgehead atoms. The normalized spacial score (nSPS) is 10.7. The summed E-state index contributed by atoms with van der Waals surface area (Å²) in [6, 6.07) is 9.48. The van der Waals surface area contributed by atoms with Crippen LogP contribution in [0.2, 0.25) is 0 Å². The third-order valence-corrected chi connectivity index (χ3v) is 3.66.